The minimum Gasteiger partial charge on any atom is -0.394 e. The van der Waals surface area contributed by atoms with Crippen molar-refractivity contribution in [1.82, 2.24) is 0 Å². The fraction of sp³-hybridized carbons (Fsp3) is 1.00. The van der Waals surface area contributed by atoms with E-state index in [4.69, 9.17) is 25.5 Å². The van der Waals surface area contributed by atoms with E-state index in [1.165, 1.54) is 0 Å². The zero-order chi connectivity index (χ0) is 9.30. The first kappa shape index (κ1) is 9.85. The molecule has 0 aromatic carbocycles. The topological polar surface area (TPSA) is 110 Å². The van der Waals surface area contributed by atoms with E-state index in [9.17, 15) is 0 Å². The van der Waals surface area contributed by atoms with Crippen LogP contribution in [-0.4, -0.2) is 62.8 Å². The van der Waals surface area contributed by atoms with E-state index in [1.54, 1.807) is 0 Å². The smallest absolute Gasteiger partial charge is 0.184 e. The molecule has 1 aliphatic heterocycles. The van der Waals surface area contributed by atoms with Gasteiger partial charge in [0, 0.05) is 0 Å². The highest BCUT2D eigenvalue weighted by atomic mass is 16.6. The molecule has 6 nitrogen and oxygen atoms in total. The summed E-state index contributed by atoms with van der Waals surface area (Å²) in [5.74, 6) is 0. The summed E-state index contributed by atoms with van der Waals surface area (Å²) in [6.45, 7) is -0.596. The Bertz CT molecular complexity index is 151. The van der Waals surface area contributed by atoms with E-state index in [2.05, 4.69) is 4.74 Å². The van der Waals surface area contributed by atoms with Crippen molar-refractivity contribution in [1.29, 1.82) is 0 Å². The molecule has 1 saturated heterocycles. The van der Waals surface area contributed by atoms with E-state index in [0.717, 1.165) is 0 Å². The first-order chi connectivity index (χ1) is 5.57. The van der Waals surface area contributed by atoms with Crippen molar-refractivity contribution >= 4 is 0 Å². The molecule has 0 aromatic heterocycles. The minimum atomic E-state index is -1.51. The summed E-state index contributed by atoms with van der Waals surface area (Å²) < 4.78 is 4.58. The average Bonchev–Trinajstić information content (AvgIpc) is 2.32. The maximum Gasteiger partial charge on any atom is 0.184 e. The summed E-state index contributed by atoms with van der Waals surface area (Å²) in [5, 5.41) is 44.4. The van der Waals surface area contributed by atoms with Crippen LogP contribution >= 0.6 is 0 Å². The van der Waals surface area contributed by atoms with Gasteiger partial charge in [-0.3, -0.25) is 0 Å². The van der Waals surface area contributed by atoms with Crippen molar-refractivity contribution in [2.24, 2.45) is 0 Å². The Morgan fingerprint density at radius 3 is 2.08 bits per heavy atom. The van der Waals surface area contributed by atoms with Crippen LogP contribution in [0.2, 0.25) is 0 Å². The molecule has 72 valence electrons. The van der Waals surface area contributed by atoms with Crippen LogP contribution in [0.25, 0.3) is 0 Å². The Kier molecular flexibility index (Phi) is 2.99. The number of hydrogen-bond donors (Lipinski definition) is 5. The third-order valence-corrected chi connectivity index (χ3v) is 1.84. The van der Waals surface area contributed by atoms with E-state index < -0.39 is 37.3 Å². The van der Waals surface area contributed by atoms with Crippen molar-refractivity contribution in [3.05, 3.63) is 0 Å². The van der Waals surface area contributed by atoms with Gasteiger partial charge in [0.1, 0.15) is 24.4 Å². The fourth-order valence-corrected chi connectivity index (χ4v) is 1.11. The van der Waals surface area contributed by atoms with Crippen LogP contribution < -0.4 is 0 Å². The van der Waals surface area contributed by atoms with Crippen LogP contribution in [0, 0.1) is 0 Å². The van der Waals surface area contributed by atoms with Crippen molar-refractivity contribution in [2.45, 2.75) is 30.7 Å². The Morgan fingerprint density at radius 2 is 1.75 bits per heavy atom. The second kappa shape index (κ2) is 3.65. The van der Waals surface area contributed by atoms with Crippen LogP contribution in [0.5, 0.6) is 0 Å². The minimum absolute atomic E-state index is 0.596. The first-order valence-corrected chi connectivity index (χ1v) is 3.56. The number of aliphatic hydroxyl groups is 5. The lowest BCUT2D eigenvalue weighted by atomic mass is 10.1. The molecule has 5 atom stereocenters. The molecule has 0 amide bonds. The van der Waals surface area contributed by atoms with Gasteiger partial charge >= 0.3 is 0 Å². The normalized spacial score (nSPS) is 44.8. The van der Waals surface area contributed by atoms with Gasteiger partial charge in [-0.2, -0.15) is 0 Å². The van der Waals surface area contributed by atoms with Crippen molar-refractivity contribution in [3.63, 3.8) is 0 Å². The molecule has 0 aromatic rings. The molecule has 5 N–H and O–H groups in total. The fourth-order valence-electron chi connectivity index (χ4n) is 1.11. The van der Waals surface area contributed by atoms with E-state index in [1.807, 2.05) is 0 Å². The molecular formula is C6H12O6. The zero-order valence-corrected chi connectivity index (χ0v) is 6.24. The second-order valence-electron chi connectivity index (χ2n) is 2.72. The molecule has 0 spiro atoms. The SMILES string of the molecule is OC[C@@H](O)C1OC(O)C(O)C1O. The highest BCUT2D eigenvalue weighted by Gasteiger charge is 2.44. The summed E-state index contributed by atoms with van der Waals surface area (Å²) in [6.07, 6.45) is -6.75. The summed E-state index contributed by atoms with van der Waals surface area (Å²) in [5.41, 5.74) is 0. The van der Waals surface area contributed by atoms with Gasteiger partial charge in [-0.1, -0.05) is 0 Å². The van der Waals surface area contributed by atoms with Gasteiger partial charge in [-0.15, -0.1) is 0 Å². The van der Waals surface area contributed by atoms with Gasteiger partial charge in [0.25, 0.3) is 0 Å². The molecular weight excluding hydrogens is 168 g/mol. The van der Waals surface area contributed by atoms with Gasteiger partial charge in [-0.05, 0) is 0 Å². The lowest BCUT2D eigenvalue weighted by Gasteiger charge is -2.18. The first-order valence-electron chi connectivity index (χ1n) is 3.56. The molecule has 1 rings (SSSR count). The van der Waals surface area contributed by atoms with Crippen molar-refractivity contribution < 1.29 is 30.3 Å². The molecule has 1 fully saturated rings. The molecule has 0 radical (unpaired) electrons. The van der Waals surface area contributed by atoms with Crippen LogP contribution in [0.15, 0.2) is 0 Å². The maximum atomic E-state index is 9.12. The summed E-state index contributed by atoms with van der Waals surface area (Å²) in [7, 11) is 0. The molecule has 1 aliphatic rings. The van der Waals surface area contributed by atoms with Gasteiger partial charge in [0.15, 0.2) is 6.29 Å². The third-order valence-electron chi connectivity index (χ3n) is 1.84. The summed E-state index contributed by atoms with van der Waals surface area (Å²) in [6, 6.07) is 0. The maximum absolute atomic E-state index is 9.12. The summed E-state index contributed by atoms with van der Waals surface area (Å²) in [4.78, 5) is 0. The lowest BCUT2D eigenvalue weighted by molar-refractivity contribution is -0.150. The monoisotopic (exact) mass is 180 g/mol. The highest BCUT2D eigenvalue weighted by Crippen LogP contribution is 2.21. The molecule has 4 unspecified atom stereocenters. The Labute approximate surface area is 68.6 Å². The predicted molar refractivity (Wildman–Crippen MR) is 36.0 cm³/mol. The number of aliphatic hydroxyl groups excluding tert-OH is 5. The molecule has 12 heavy (non-hydrogen) atoms. The quantitative estimate of drug-likeness (QED) is 0.306. The third kappa shape index (κ3) is 1.58. The molecule has 0 saturated carbocycles. The van der Waals surface area contributed by atoms with Crippen molar-refractivity contribution in [3.8, 4) is 0 Å². The van der Waals surface area contributed by atoms with Crippen LogP contribution in [0.3, 0.4) is 0 Å². The molecule has 6 heteroatoms. The number of ether oxygens (including phenoxy) is 1. The van der Waals surface area contributed by atoms with Crippen LogP contribution in [0.4, 0.5) is 0 Å². The standard InChI is InChI=1S/C6H12O6/c7-1-2(8)5-3(9)4(10)6(11)12-5/h2-11H,1H2/t2-,3?,4?,5?,6?/m1/s1. The van der Waals surface area contributed by atoms with E-state index in [0.29, 0.717) is 0 Å². The van der Waals surface area contributed by atoms with Gasteiger partial charge in [0.2, 0.25) is 0 Å². The van der Waals surface area contributed by atoms with Crippen LogP contribution in [-0.2, 0) is 4.74 Å². The van der Waals surface area contributed by atoms with E-state index >= 15 is 0 Å². The predicted octanol–water partition coefficient (Wildman–Crippen LogP) is -3.22. The highest BCUT2D eigenvalue weighted by molar-refractivity contribution is 4.89. The number of hydrogen-bond acceptors (Lipinski definition) is 6. The van der Waals surface area contributed by atoms with Crippen molar-refractivity contribution in [2.75, 3.05) is 6.61 Å². The second-order valence-corrected chi connectivity index (χ2v) is 2.72. The van der Waals surface area contributed by atoms with E-state index in [-0.39, 0.29) is 0 Å². The molecule has 1 heterocycles. The van der Waals surface area contributed by atoms with Crippen LogP contribution in [0.1, 0.15) is 0 Å². The Hall–Kier alpha value is -0.240. The Morgan fingerprint density at radius 1 is 1.17 bits per heavy atom. The number of rotatable bonds is 2. The summed E-state index contributed by atoms with van der Waals surface area (Å²) >= 11 is 0. The van der Waals surface area contributed by atoms with Gasteiger partial charge in [-0.25, -0.2) is 0 Å². The lowest BCUT2D eigenvalue weighted by Crippen LogP contribution is -2.40. The largest absolute Gasteiger partial charge is 0.394 e. The molecule has 0 aliphatic carbocycles. The van der Waals surface area contributed by atoms with Gasteiger partial charge < -0.3 is 30.3 Å². The zero-order valence-electron chi connectivity index (χ0n) is 6.24. The Balaban J connectivity index is 2.58. The molecule has 0 bridgehead atoms. The average molecular weight is 180 g/mol. The van der Waals surface area contributed by atoms with Gasteiger partial charge in [0.05, 0.1) is 6.61 Å².